The second kappa shape index (κ2) is 4.28. The van der Waals surface area contributed by atoms with Gasteiger partial charge in [-0.1, -0.05) is 5.92 Å². The predicted octanol–water partition coefficient (Wildman–Crippen LogP) is 0.932. The molecule has 0 aliphatic carbocycles. The highest BCUT2D eigenvalue weighted by Crippen LogP contribution is 2.09. The van der Waals surface area contributed by atoms with Gasteiger partial charge in [-0.3, -0.25) is 0 Å². The Bertz CT molecular complexity index is 398. The van der Waals surface area contributed by atoms with Gasteiger partial charge in [-0.15, -0.1) is 0 Å². The van der Waals surface area contributed by atoms with Gasteiger partial charge in [0.2, 0.25) is 0 Å². The zero-order chi connectivity index (χ0) is 10.6. The highest BCUT2D eigenvalue weighted by atomic mass is 19.1. The lowest BCUT2D eigenvalue weighted by atomic mass is 10.2. The summed E-state index contributed by atoms with van der Waals surface area (Å²) in [5, 5.41) is 0. The van der Waals surface area contributed by atoms with Crippen LogP contribution in [0.2, 0.25) is 0 Å². The number of nitrogen functional groups attached to an aromatic ring is 1. The van der Waals surface area contributed by atoms with Gasteiger partial charge in [0.15, 0.2) is 0 Å². The summed E-state index contributed by atoms with van der Waals surface area (Å²) in [6, 6.07) is 3.83. The molecule has 3 nitrogen and oxygen atoms in total. The van der Waals surface area contributed by atoms with E-state index in [4.69, 9.17) is 5.73 Å². The fourth-order valence-corrected chi connectivity index (χ4v) is 0.859. The molecule has 1 aromatic carbocycles. The van der Waals surface area contributed by atoms with Crippen LogP contribution in [0.1, 0.15) is 5.56 Å². The third-order valence-corrected chi connectivity index (χ3v) is 1.41. The van der Waals surface area contributed by atoms with E-state index in [0.717, 1.165) is 0 Å². The van der Waals surface area contributed by atoms with Crippen molar-refractivity contribution < 1.29 is 13.9 Å². The van der Waals surface area contributed by atoms with E-state index in [9.17, 15) is 9.18 Å². The summed E-state index contributed by atoms with van der Waals surface area (Å²) in [6.07, 6.45) is 0. The third-order valence-electron chi connectivity index (χ3n) is 1.41. The number of methoxy groups -OCH3 is 1. The summed E-state index contributed by atoms with van der Waals surface area (Å²) in [6.45, 7) is 0. The molecule has 0 atom stereocenters. The van der Waals surface area contributed by atoms with Crippen LogP contribution in [-0.4, -0.2) is 13.1 Å². The fraction of sp³-hybridized carbons (Fsp3) is 0.100. The van der Waals surface area contributed by atoms with Gasteiger partial charge < -0.3 is 10.5 Å². The first kappa shape index (κ1) is 10.1. The van der Waals surface area contributed by atoms with Crippen molar-refractivity contribution in [1.29, 1.82) is 0 Å². The van der Waals surface area contributed by atoms with Gasteiger partial charge in [-0.25, -0.2) is 9.18 Å². The molecule has 0 saturated heterocycles. The second-order valence-corrected chi connectivity index (χ2v) is 2.51. The molecule has 0 saturated carbocycles. The lowest BCUT2D eigenvalue weighted by molar-refractivity contribution is -0.133. The lowest BCUT2D eigenvalue weighted by Gasteiger charge is -1.94. The number of anilines is 1. The van der Waals surface area contributed by atoms with Crippen LogP contribution in [0.5, 0.6) is 0 Å². The summed E-state index contributed by atoms with van der Waals surface area (Å²) >= 11 is 0. The van der Waals surface area contributed by atoms with Crippen LogP contribution in [0.3, 0.4) is 0 Å². The number of hydrogen-bond donors (Lipinski definition) is 1. The summed E-state index contributed by atoms with van der Waals surface area (Å²) in [5.41, 5.74) is 5.98. The Labute approximate surface area is 80.7 Å². The van der Waals surface area contributed by atoms with Crippen LogP contribution in [-0.2, 0) is 9.53 Å². The standard InChI is InChI=1S/C10H8FNO2/c1-14-10(13)3-2-7-4-8(11)6-9(12)5-7/h4-6H,12H2,1H3. The van der Waals surface area contributed by atoms with Crippen molar-refractivity contribution in [3.63, 3.8) is 0 Å². The highest BCUT2D eigenvalue weighted by Gasteiger charge is 1.96. The van der Waals surface area contributed by atoms with Crippen LogP contribution in [0.25, 0.3) is 0 Å². The topological polar surface area (TPSA) is 52.3 Å². The van der Waals surface area contributed by atoms with E-state index >= 15 is 0 Å². The Balaban J connectivity index is 2.95. The number of ether oxygens (including phenoxy) is 1. The van der Waals surface area contributed by atoms with Gasteiger partial charge in [0, 0.05) is 17.2 Å². The van der Waals surface area contributed by atoms with Crippen molar-refractivity contribution in [2.75, 3.05) is 12.8 Å². The van der Waals surface area contributed by atoms with Crippen molar-refractivity contribution >= 4 is 11.7 Å². The molecule has 1 aromatic rings. The van der Waals surface area contributed by atoms with Crippen LogP contribution < -0.4 is 5.73 Å². The summed E-state index contributed by atoms with van der Waals surface area (Å²) in [5.74, 6) is 3.44. The van der Waals surface area contributed by atoms with Gasteiger partial charge in [-0.05, 0) is 18.2 Å². The minimum Gasteiger partial charge on any atom is -0.459 e. The molecule has 0 spiro atoms. The Morgan fingerprint density at radius 2 is 2.21 bits per heavy atom. The van der Waals surface area contributed by atoms with E-state index in [-0.39, 0.29) is 5.69 Å². The Morgan fingerprint density at radius 1 is 1.50 bits per heavy atom. The maximum atomic E-state index is 12.8. The maximum Gasteiger partial charge on any atom is 0.384 e. The van der Waals surface area contributed by atoms with Gasteiger partial charge in [0.1, 0.15) is 5.82 Å². The Morgan fingerprint density at radius 3 is 2.79 bits per heavy atom. The molecule has 14 heavy (non-hydrogen) atoms. The molecule has 0 amide bonds. The molecule has 1 rings (SSSR count). The molecule has 0 aliphatic rings. The first-order valence-corrected chi connectivity index (χ1v) is 3.78. The second-order valence-electron chi connectivity index (χ2n) is 2.51. The smallest absolute Gasteiger partial charge is 0.384 e. The third kappa shape index (κ3) is 2.79. The van der Waals surface area contributed by atoms with Gasteiger partial charge in [0.05, 0.1) is 7.11 Å². The predicted molar refractivity (Wildman–Crippen MR) is 49.7 cm³/mol. The fourth-order valence-electron chi connectivity index (χ4n) is 0.859. The normalized spacial score (nSPS) is 8.71. The molecule has 0 aromatic heterocycles. The van der Waals surface area contributed by atoms with E-state index in [2.05, 4.69) is 16.6 Å². The largest absolute Gasteiger partial charge is 0.459 e. The molecule has 0 unspecified atom stereocenters. The van der Waals surface area contributed by atoms with E-state index in [1.54, 1.807) is 0 Å². The zero-order valence-electron chi connectivity index (χ0n) is 7.50. The number of nitrogens with two attached hydrogens (primary N) is 1. The molecule has 4 heteroatoms. The molecule has 2 N–H and O–H groups in total. The summed E-state index contributed by atoms with van der Waals surface area (Å²) in [7, 11) is 1.22. The number of hydrogen-bond acceptors (Lipinski definition) is 3. The highest BCUT2D eigenvalue weighted by molar-refractivity contribution is 5.89. The number of rotatable bonds is 0. The number of halogens is 1. The maximum absolute atomic E-state index is 12.8. The SMILES string of the molecule is COC(=O)C#Cc1cc(N)cc(F)c1. The lowest BCUT2D eigenvalue weighted by Crippen LogP contribution is -1.95. The molecular formula is C10H8FNO2. The quantitative estimate of drug-likeness (QED) is 0.379. The Kier molecular flexibility index (Phi) is 3.08. The average Bonchev–Trinajstić information content (AvgIpc) is 2.12. The van der Waals surface area contributed by atoms with E-state index in [1.165, 1.54) is 25.3 Å². The van der Waals surface area contributed by atoms with Crippen LogP contribution >= 0.6 is 0 Å². The number of benzene rings is 1. The van der Waals surface area contributed by atoms with Crippen LogP contribution in [0.15, 0.2) is 18.2 Å². The van der Waals surface area contributed by atoms with E-state index < -0.39 is 11.8 Å². The minimum atomic E-state index is -0.673. The van der Waals surface area contributed by atoms with Gasteiger partial charge >= 0.3 is 5.97 Å². The van der Waals surface area contributed by atoms with Crippen molar-refractivity contribution in [2.45, 2.75) is 0 Å². The van der Waals surface area contributed by atoms with E-state index in [0.29, 0.717) is 5.56 Å². The molecule has 0 fully saturated rings. The zero-order valence-corrected chi connectivity index (χ0v) is 7.50. The van der Waals surface area contributed by atoms with Crippen molar-refractivity contribution in [3.8, 4) is 11.8 Å². The number of esters is 1. The molecule has 0 radical (unpaired) electrons. The molecule has 0 bridgehead atoms. The molecule has 72 valence electrons. The summed E-state index contributed by atoms with van der Waals surface area (Å²) in [4.78, 5) is 10.6. The van der Waals surface area contributed by atoms with Gasteiger partial charge in [0.25, 0.3) is 0 Å². The van der Waals surface area contributed by atoms with Crippen LogP contribution in [0.4, 0.5) is 10.1 Å². The van der Waals surface area contributed by atoms with Crippen molar-refractivity contribution in [3.05, 3.63) is 29.6 Å². The first-order valence-electron chi connectivity index (χ1n) is 3.78. The first-order chi connectivity index (χ1) is 6.61. The molecule has 0 aliphatic heterocycles. The minimum absolute atomic E-state index is 0.263. The van der Waals surface area contributed by atoms with Crippen molar-refractivity contribution in [1.82, 2.24) is 0 Å². The number of carbonyl (C=O) groups is 1. The number of carbonyl (C=O) groups excluding carboxylic acids is 1. The van der Waals surface area contributed by atoms with Crippen molar-refractivity contribution in [2.24, 2.45) is 0 Å². The van der Waals surface area contributed by atoms with Gasteiger partial charge in [-0.2, -0.15) is 0 Å². The monoisotopic (exact) mass is 193 g/mol. The Hall–Kier alpha value is -2.02. The summed E-state index contributed by atoms with van der Waals surface area (Å²) < 4.78 is 17.1. The molecule has 0 heterocycles. The van der Waals surface area contributed by atoms with Crippen LogP contribution in [0, 0.1) is 17.7 Å². The average molecular weight is 193 g/mol. The molecular weight excluding hydrogens is 185 g/mol. The van der Waals surface area contributed by atoms with E-state index in [1.807, 2.05) is 0 Å².